The van der Waals surface area contributed by atoms with Gasteiger partial charge in [0.25, 0.3) is 0 Å². The molecule has 0 bridgehead atoms. The lowest BCUT2D eigenvalue weighted by Crippen LogP contribution is -2.38. The predicted octanol–water partition coefficient (Wildman–Crippen LogP) is 2.20. The third-order valence-electron chi connectivity index (χ3n) is 4.64. The number of aromatic nitrogens is 4. The minimum atomic E-state index is -0.414. The summed E-state index contributed by atoms with van der Waals surface area (Å²) in [5.41, 5.74) is 0. The maximum Gasteiger partial charge on any atom is 0.318 e. The van der Waals surface area contributed by atoms with E-state index in [2.05, 4.69) is 25.6 Å². The van der Waals surface area contributed by atoms with Gasteiger partial charge in [-0.25, -0.2) is 4.79 Å². The van der Waals surface area contributed by atoms with Crippen LogP contribution in [0.1, 0.15) is 68.0 Å². The van der Waals surface area contributed by atoms with Crippen LogP contribution in [0.4, 0.5) is 4.79 Å². The van der Waals surface area contributed by atoms with Crippen molar-refractivity contribution in [1.82, 2.24) is 30.5 Å². The van der Waals surface area contributed by atoms with Gasteiger partial charge in [-0.1, -0.05) is 23.2 Å². The number of rotatable bonds is 8. The number of nitrogens with zero attached hydrogens (tertiary/aromatic N) is 5. The molecule has 10 nitrogen and oxygen atoms in total. The highest BCUT2D eigenvalue weighted by atomic mass is 16.5. The highest BCUT2D eigenvalue weighted by Gasteiger charge is 2.24. The molecule has 2 aromatic rings. The first-order chi connectivity index (χ1) is 13.1. The Balaban J connectivity index is 1.50. The monoisotopic (exact) mass is 378 g/mol. The van der Waals surface area contributed by atoms with Crippen molar-refractivity contribution in [3.63, 3.8) is 0 Å². The molecule has 1 aliphatic carbocycles. The number of carbonyl (C=O) groups is 1. The molecule has 2 amide bonds. The summed E-state index contributed by atoms with van der Waals surface area (Å²) in [6.45, 7) is 2.56. The van der Waals surface area contributed by atoms with Crippen LogP contribution < -0.4 is 5.32 Å². The van der Waals surface area contributed by atoms with Crippen molar-refractivity contribution in [1.29, 1.82) is 0 Å². The molecule has 0 aromatic carbocycles. The largest absolute Gasteiger partial charge is 0.384 e. The van der Waals surface area contributed by atoms with Gasteiger partial charge in [-0.05, 0) is 19.8 Å². The zero-order chi connectivity index (χ0) is 19.2. The summed E-state index contributed by atoms with van der Waals surface area (Å²) >= 11 is 0. The fourth-order valence-corrected chi connectivity index (χ4v) is 3.05. The first-order valence-electron chi connectivity index (χ1n) is 9.22. The van der Waals surface area contributed by atoms with Crippen molar-refractivity contribution < 1.29 is 18.6 Å². The minimum Gasteiger partial charge on any atom is -0.384 e. The third-order valence-corrected chi connectivity index (χ3v) is 4.64. The molecule has 1 atom stereocenters. The van der Waals surface area contributed by atoms with Gasteiger partial charge >= 0.3 is 6.03 Å². The number of hydrogen-bond donors (Lipinski definition) is 1. The second kappa shape index (κ2) is 8.94. The van der Waals surface area contributed by atoms with Gasteiger partial charge in [0.1, 0.15) is 6.04 Å². The Morgan fingerprint density at radius 3 is 2.74 bits per heavy atom. The molecule has 1 aliphatic rings. The van der Waals surface area contributed by atoms with Crippen LogP contribution in [0, 0.1) is 0 Å². The molecule has 0 saturated heterocycles. The molecule has 0 aliphatic heterocycles. The number of nitrogens with one attached hydrogen (secondary N) is 1. The van der Waals surface area contributed by atoms with Crippen LogP contribution >= 0.6 is 0 Å². The summed E-state index contributed by atoms with van der Waals surface area (Å²) < 4.78 is 15.5. The standard InChI is InChI=1S/C17H26N6O4/c1-11(15-19-13(21-26-15)8-9-25-3)18-17(24)23(2)10-14-20-16(27-22-14)12-6-4-5-7-12/h11-12H,4-10H2,1-3H3,(H,18,24)/t11-/m0/s1. The minimum absolute atomic E-state index is 0.262. The van der Waals surface area contributed by atoms with E-state index in [1.165, 1.54) is 17.7 Å². The van der Waals surface area contributed by atoms with Crippen LogP contribution in [0.2, 0.25) is 0 Å². The molecule has 0 spiro atoms. The Bertz CT molecular complexity index is 739. The lowest BCUT2D eigenvalue weighted by atomic mass is 10.1. The Kier molecular flexibility index (Phi) is 6.38. The van der Waals surface area contributed by atoms with E-state index in [0.717, 1.165) is 12.8 Å². The molecular formula is C17H26N6O4. The molecule has 10 heteroatoms. The highest BCUT2D eigenvalue weighted by molar-refractivity contribution is 5.74. The molecule has 2 aromatic heterocycles. The fraction of sp³-hybridized carbons (Fsp3) is 0.706. The zero-order valence-corrected chi connectivity index (χ0v) is 16.0. The Labute approximate surface area is 157 Å². The molecule has 148 valence electrons. The van der Waals surface area contributed by atoms with E-state index in [1.54, 1.807) is 21.1 Å². The van der Waals surface area contributed by atoms with Gasteiger partial charge in [-0.2, -0.15) is 9.97 Å². The number of hydrogen-bond acceptors (Lipinski definition) is 8. The van der Waals surface area contributed by atoms with Crippen molar-refractivity contribution >= 4 is 6.03 Å². The maximum atomic E-state index is 12.4. The van der Waals surface area contributed by atoms with Gasteiger partial charge in [0.2, 0.25) is 11.8 Å². The predicted molar refractivity (Wildman–Crippen MR) is 93.8 cm³/mol. The molecule has 1 fully saturated rings. The summed E-state index contributed by atoms with van der Waals surface area (Å²) in [4.78, 5) is 22.6. The van der Waals surface area contributed by atoms with Gasteiger partial charge in [-0.3, -0.25) is 0 Å². The molecular weight excluding hydrogens is 352 g/mol. The van der Waals surface area contributed by atoms with Crippen molar-refractivity contribution in [2.75, 3.05) is 20.8 Å². The summed E-state index contributed by atoms with van der Waals surface area (Å²) in [5, 5.41) is 10.7. The van der Waals surface area contributed by atoms with E-state index < -0.39 is 6.04 Å². The smallest absolute Gasteiger partial charge is 0.318 e. The first-order valence-corrected chi connectivity index (χ1v) is 9.22. The first kappa shape index (κ1) is 19.3. The fourth-order valence-electron chi connectivity index (χ4n) is 3.05. The lowest BCUT2D eigenvalue weighted by molar-refractivity contribution is 0.198. The van der Waals surface area contributed by atoms with E-state index in [1.807, 2.05) is 0 Å². The van der Waals surface area contributed by atoms with E-state index in [-0.39, 0.29) is 12.6 Å². The number of ether oxygens (including phenoxy) is 1. The van der Waals surface area contributed by atoms with Crippen LogP contribution in [0.5, 0.6) is 0 Å². The van der Waals surface area contributed by atoms with Crippen LogP contribution in [0.3, 0.4) is 0 Å². The second-order valence-electron chi connectivity index (χ2n) is 6.85. The molecule has 1 N–H and O–H groups in total. The number of carbonyl (C=O) groups excluding carboxylic acids is 1. The highest BCUT2D eigenvalue weighted by Crippen LogP contribution is 2.32. The molecule has 2 heterocycles. The van der Waals surface area contributed by atoms with Gasteiger partial charge < -0.3 is 24.0 Å². The molecule has 0 unspecified atom stereocenters. The van der Waals surface area contributed by atoms with E-state index in [0.29, 0.717) is 42.4 Å². The van der Waals surface area contributed by atoms with E-state index in [4.69, 9.17) is 13.8 Å². The Hall–Kier alpha value is -2.49. The van der Waals surface area contributed by atoms with Gasteiger partial charge in [0.15, 0.2) is 11.6 Å². The van der Waals surface area contributed by atoms with Crippen molar-refractivity contribution in [2.45, 2.75) is 57.5 Å². The quantitative estimate of drug-likeness (QED) is 0.742. The van der Waals surface area contributed by atoms with Crippen LogP contribution in [-0.2, 0) is 17.7 Å². The number of methoxy groups -OCH3 is 1. The van der Waals surface area contributed by atoms with E-state index >= 15 is 0 Å². The second-order valence-corrected chi connectivity index (χ2v) is 6.85. The Morgan fingerprint density at radius 1 is 1.26 bits per heavy atom. The average molecular weight is 378 g/mol. The van der Waals surface area contributed by atoms with Crippen LogP contribution in [0.15, 0.2) is 9.05 Å². The van der Waals surface area contributed by atoms with E-state index in [9.17, 15) is 4.79 Å². The summed E-state index contributed by atoms with van der Waals surface area (Å²) in [5.74, 6) is 2.44. The summed E-state index contributed by atoms with van der Waals surface area (Å²) in [7, 11) is 3.28. The third kappa shape index (κ3) is 5.03. The average Bonchev–Trinajstić information content (AvgIpc) is 3.40. The lowest BCUT2D eigenvalue weighted by Gasteiger charge is -2.18. The SMILES string of the molecule is COCCc1noc([C@H](C)NC(=O)N(C)Cc2noc(C3CCCC3)n2)n1. The topological polar surface area (TPSA) is 119 Å². The Morgan fingerprint density at radius 2 is 2.00 bits per heavy atom. The normalized spacial score (nSPS) is 15.8. The van der Waals surface area contributed by atoms with Crippen molar-refractivity contribution in [2.24, 2.45) is 0 Å². The molecule has 27 heavy (non-hydrogen) atoms. The summed E-state index contributed by atoms with van der Waals surface area (Å²) in [6.07, 6.45) is 5.14. The maximum absolute atomic E-state index is 12.4. The zero-order valence-electron chi connectivity index (χ0n) is 16.0. The number of amides is 2. The molecule has 3 rings (SSSR count). The van der Waals surface area contributed by atoms with Gasteiger partial charge in [0.05, 0.1) is 13.2 Å². The van der Waals surface area contributed by atoms with Crippen LogP contribution in [0.25, 0.3) is 0 Å². The van der Waals surface area contributed by atoms with Crippen LogP contribution in [-0.4, -0.2) is 52.0 Å². The van der Waals surface area contributed by atoms with Gasteiger partial charge in [0, 0.05) is 26.5 Å². The van der Waals surface area contributed by atoms with Crippen molar-refractivity contribution in [3.8, 4) is 0 Å². The van der Waals surface area contributed by atoms with Crippen molar-refractivity contribution in [3.05, 3.63) is 23.4 Å². The number of urea groups is 1. The van der Waals surface area contributed by atoms with Gasteiger partial charge in [-0.15, -0.1) is 0 Å². The summed E-state index contributed by atoms with van der Waals surface area (Å²) in [6, 6.07) is -0.700. The molecule has 1 saturated carbocycles. The molecule has 0 radical (unpaired) electrons.